The Morgan fingerprint density at radius 2 is 1.50 bits per heavy atom. The standard InChI is InChI=1S/C18H20O2/c1-20-18-12-10-17(11-13-18)16-8-6-15(7-9-16)5-3-2-4-14-19/h6-14H,2-5H2,1H3. The van der Waals surface area contributed by atoms with E-state index in [9.17, 15) is 4.79 Å². The maximum Gasteiger partial charge on any atom is 0.119 e. The van der Waals surface area contributed by atoms with Gasteiger partial charge in [-0.2, -0.15) is 0 Å². The number of rotatable bonds is 7. The highest BCUT2D eigenvalue weighted by atomic mass is 16.5. The Morgan fingerprint density at radius 1 is 0.900 bits per heavy atom. The molecule has 0 atom stereocenters. The highest BCUT2D eigenvalue weighted by molar-refractivity contribution is 5.64. The van der Waals surface area contributed by atoms with Crippen molar-refractivity contribution in [2.45, 2.75) is 25.7 Å². The maximum atomic E-state index is 10.3. The largest absolute Gasteiger partial charge is 0.497 e. The molecule has 2 nitrogen and oxygen atoms in total. The number of hydrogen-bond donors (Lipinski definition) is 0. The van der Waals surface area contributed by atoms with Gasteiger partial charge in [-0.05, 0) is 48.1 Å². The van der Waals surface area contributed by atoms with E-state index in [4.69, 9.17) is 4.74 Å². The van der Waals surface area contributed by atoms with Crippen LogP contribution in [0.5, 0.6) is 5.75 Å². The van der Waals surface area contributed by atoms with Crippen molar-refractivity contribution >= 4 is 6.29 Å². The summed E-state index contributed by atoms with van der Waals surface area (Å²) in [6.07, 6.45) is 4.75. The highest BCUT2D eigenvalue weighted by Crippen LogP contribution is 2.23. The van der Waals surface area contributed by atoms with Gasteiger partial charge >= 0.3 is 0 Å². The first kappa shape index (κ1) is 14.3. The van der Waals surface area contributed by atoms with Crippen LogP contribution in [0.3, 0.4) is 0 Å². The Kier molecular flexibility index (Phi) is 5.36. The summed E-state index contributed by atoms with van der Waals surface area (Å²) in [5.41, 5.74) is 3.73. The lowest BCUT2D eigenvalue weighted by Gasteiger charge is -2.05. The summed E-state index contributed by atoms with van der Waals surface area (Å²) in [6.45, 7) is 0. The van der Waals surface area contributed by atoms with Gasteiger partial charge in [0.05, 0.1) is 7.11 Å². The van der Waals surface area contributed by atoms with E-state index in [0.717, 1.165) is 31.3 Å². The third-order valence-corrected chi connectivity index (χ3v) is 3.41. The quantitative estimate of drug-likeness (QED) is 0.553. The molecule has 0 bridgehead atoms. The van der Waals surface area contributed by atoms with E-state index in [-0.39, 0.29) is 0 Å². The topological polar surface area (TPSA) is 26.3 Å². The molecule has 0 saturated carbocycles. The molecule has 0 spiro atoms. The molecule has 2 heteroatoms. The van der Waals surface area contributed by atoms with Crippen LogP contribution in [0.4, 0.5) is 0 Å². The minimum absolute atomic E-state index is 0.671. The Labute approximate surface area is 120 Å². The van der Waals surface area contributed by atoms with Crippen LogP contribution in [0.1, 0.15) is 24.8 Å². The van der Waals surface area contributed by atoms with Crippen LogP contribution >= 0.6 is 0 Å². The summed E-state index contributed by atoms with van der Waals surface area (Å²) in [5.74, 6) is 0.876. The van der Waals surface area contributed by atoms with Gasteiger partial charge in [0.1, 0.15) is 12.0 Å². The number of benzene rings is 2. The molecule has 2 aromatic carbocycles. The van der Waals surface area contributed by atoms with Crippen molar-refractivity contribution in [2.75, 3.05) is 7.11 Å². The zero-order chi connectivity index (χ0) is 14.2. The van der Waals surface area contributed by atoms with Gasteiger partial charge in [0.15, 0.2) is 0 Å². The van der Waals surface area contributed by atoms with E-state index >= 15 is 0 Å². The van der Waals surface area contributed by atoms with E-state index in [1.165, 1.54) is 16.7 Å². The molecule has 0 aliphatic rings. The van der Waals surface area contributed by atoms with Gasteiger partial charge < -0.3 is 9.53 Å². The van der Waals surface area contributed by atoms with Crippen LogP contribution in [0.2, 0.25) is 0 Å². The van der Waals surface area contributed by atoms with Crippen molar-refractivity contribution in [3.8, 4) is 16.9 Å². The first-order valence-corrected chi connectivity index (χ1v) is 7.00. The van der Waals surface area contributed by atoms with Crippen LogP contribution in [0.25, 0.3) is 11.1 Å². The molecule has 0 saturated heterocycles. The van der Waals surface area contributed by atoms with E-state index in [1.54, 1.807) is 7.11 Å². The number of carbonyl (C=O) groups excluding carboxylic acids is 1. The minimum atomic E-state index is 0.671. The molecule has 0 fully saturated rings. The molecule has 0 N–H and O–H groups in total. The lowest BCUT2D eigenvalue weighted by atomic mass is 10.0. The number of ether oxygens (including phenoxy) is 1. The van der Waals surface area contributed by atoms with Crippen LogP contribution in [-0.4, -0.2) is 13.4 Å². The minimum Gasteiger partial charge on any atom is -0.497 e. The lowest BCUT2D eigenvalue weighted by molar-refractivity contribution is -0.107. The zero-order valence-electron chi connectivity index (χ0n) is 11.8. The van der Waals surface area contributed by atoms with Gasteiger partial charge in [0.25, 0.3) is 0 Å². The first-order chi connectivity index (χ1) is 9.83. The van der Waals surface area contributed by atoms with Gasteiger partial charge in [-0.3, -0.25) is 0 Å². The fourth-order valence-electron chi connectivity index (χ4n) is 2.20. The number of hydrogen-bond acceptors (Lipinski definition) is 2. The monoisotopic (exact) mass is 268 g/mol. The zero-order valence-corrected chi connectivity index (χ0v) is 11.8. The normalized spacial score (nSPS) is 10.2. The van der Waals surface area contributed by atoms with Crippen molar-refractivity contribution in [1.29, 1.82) is 0 Å². The Hall–Kier alpha value is -2.09. The summed E-state index contributed by atoms with van der Waals surface area (Å²) in [5, 5.41) is 0. The van der Waals surface area contributed by atoms with Crippen molar-refractivity contribution in [3.63, 3.8) is 0 Å². The van der Waals surface area contributed by atoms with Gasteiger partial charge in [0, 0.05) is 6.42 Å². The second kappa shape index (κ2) is 7.49. The number of aryl methyl sites for hydroxylation is 1. The molecule has 20 heavy (non-hydrogen) atoms. The fourth-order valence-corrected chi connectivity index (χ4v) is 2.20. The molecule has 0 radical (unpaired) electrons. The van der Waals surface area contributed by atoms with E-state index in [2.05, 4.69) is 36.4 Å². The highest BCUT2D eigenvalue weighted by Gasteiger charge is 1.99. The van der Waals surface area contributed by atoms with Gasteiger partial charge in [-0.25, -0.2) is 0 Å². The Balaban J connectivity index is 1.97. The summed E-state index contributed by atoms with van der Waals surface area (Å²) in [6, 6.07) is 16.7. The second-order valence-corrected chi connectivity index (χ2v) is 4.84. The predicted molar refractivity (Wildman–Crippen MR) is 82.0 cm³/mol. The van der Waals surface area contributed by atoms with Crippen molar-refractivity contribution in [2.24, 2.45) is 0 Å². The lowest BCUT2D eigenvalue weighted by Crippen LogP contribution is -1.87. The molecular formula is C18H20O2. The van der Waals surface area contributed by atoms with E-state index in [0.29, 0.717) is 6.42 Å². The van der Waals surface area contributed by atoms with Gasteiger partial charge in [-0.1, -0.05) is 36.4 Å². The Bertz CT molecular complexity index is 526. The average Bonchev–Trinajstić information content (AvgIpc) is 2.52. The van der Waals surface area contributed by atoms with Crippen LogP contribution < -0.4 is 4.74 Å². The SMILES string of the molecule is COc1ccc(-c2ccc(CCCCC=O)cc2)cc1. The van der Waals surface area contributed by atoms with E-state index < -0.39 is 0 Å². The molecule has 0 unspecified atom stereocenters. The van der Waals surface area contributed by atoms with Crippen LogP contribution in [-0.2, 0) is 11.2 Å². The molecule has 0 aliphatic heterocycles. The average molecular weight is 268 g/mol. The molecular weight excluding hydrogens is 248 g/mol. The van der Waals surface area contributed by atoms with Crippen molar-refractivity contribution < 1.29 is 9.53 Å². The Morgan fingerprint density at radius 3 is 2.05 bits per heavy atom. The fraction of sp³-hybridized carbons (Fsp3) is 0.278. The summed E-state index contributed by atoms with van der Waals surface area (Å²) in [7, 11) is 1.68. The predicted octanol–water partition coefficient (Wildman–Crippen LogP) is 4.27. The molecule has 0 heterocycles. The van der Waals surface area contributed by atoms with Crippen LogP contribution in [0.15, 0.2) is 48.5 Å². The molecule has 104 valence electrons. The number of unbranched alkanes of at least 4 members (excludes halogenated alkanes) is 2. The maximum absolute atomic E-state index is 10.3. The number of aldehydes is 1. The molecule has 2 rings (SSSR count). The third kappa shape index (κ3) is 3.95. The number of methoxy groups -OCH3 is 1. The van der Waals surface area contributed by atoms with Crippen molar-refractivity contribution in [3.05, 3.63) is 54.1 Å². The third-order valence-electron chi connectivity index (χ3n) is 3.41. The second-order valence-electron chi connectivity index (χ2n) is 4.84. The molecule has 0 aliphatic carbocycles. The van der Waals surface area contributed by atoms with Gasteiger partial charge in [-0.15, -0.1) is 0 Å². The smallest absolute Gasteiger partial charge is 0.119 e. The summed E-state index contributed by atoms with van der Waals surface area (Å²) in [4.78, 5) is 10.3. The van der Waals surface area contributed by atoms with Crippen LogP contribution in [0, 0.1) is 0 Å². The number of carbonyl (C=O) groups is 1. The van der Waals surface area contributed by atoms with E-state index in [1.807, 2.05) is 12.1 Å². The molecule has 0 aromatic heterocycles. The first-order valence-electron chi connectivity index (χ1n) is 7.00. The summed E-state index contributed by atoms with van der Waals surface area (Å²) >= 11 is 0. The van der Waals surface area contributed by atoms with Gasteiger partial charge in [0.2, 0.25) is 0 Å². The molecule has 2 aromatic rings. The molecule has 0 amide bonds. The van der Waals surface area contributed by atoms with Crippen molar-refractivity contribution in [1.82, 2.24) is 0 Å². The summed E-state index contributed by atoms with van der Waals surface area (Å²) < 4.78 is 5.16.